The van der Waals surface area contributed by atoms with Gasteiger partial charge in [0, 0.05) is 48.6 Å². The second-order valence-electron chi connectivity index (χ2n) is 10.1. The molecule has 1 amide bonds. The van der Waals surface area contributed by atoms with Gasteiger partial charge in [-0.2, -0.15) is 9.78 Å². The number of para-hydroxylation sites is 1. The molecule has 0 N–H and O–H groups in total. The first-order valence-electron chi connectivity index (χ1n) is 13.1. The van der Waals surface area contributed by atoms with Gasteiger partial charge in [-0.3, -0.25) is 9.59 Å². The smallest absolute Gasteiger partial charge is 0.281 e. The molecule has 5 rings (SSSR count). The third-order valence-corrected chi connectivity index (χ3v) is 7.73. The number of hydrogen-bond acceptors (Lipinski definition) is 4. The first kappa shape index (κ1) is 24.8. The van der Waals surface area contributed by atoms with Crippen LogP contribution >= 0.6 is 0 Å². The molecule has 4 aromatic rings. The number of anilines is 1. The Kier molecular flexibility index (Phi) is 6.63. The van der Waals surface area contributed by atoms with E-state index in [9.17, 15) is 9.59 Å². The van der Waals surface area contributed by atoms with Crippen LogP contribution < -0.4 is 10.5 Å². The summed E-state index contributed by atoms with van der Waals surface area (Å²) in [6, 6.07) is 15.6. The molecule has 1 aliphatic rings. The Morgan fingerprint density at radius 3 is 2.32 bits per heavy atom. The highest BCUT2D eigenvalue weighted by atomic mass is 16.2. The largest absolute Gasteiger partial charge is 0.368 e. The highest BCUT2D eigenvalue weighted by Crippen LogP contribution is 2.30. The van der Waals surface area contributed by atoms with E-state index in [1.165, 1.54) is 21.5 Å². The molecule has 2 aromatic carbocycles. The Morgan fingerprint density at radius 2 is 1.65 bits per heavy atom. The van der Waals surface area contributed by atoms with Crippen molar-refractivity contribution in [2.45, 2.75) is 47.1 Å². The first-order chi connectivity index (χ1) is 17.8. The summed E-state index contributed by atoms with van der Waals surface area (Å²) in [4.78, 5) is 31.7. The lowest BCUT2D eigenvalue weighted by Gasteiger charge is -2.38. The highest BCUT2D eigenvalue weighted by Gasteiger charge is 2.31. The van der Waals surface area contributed by atoms with Crippen molar-refractivity contribution >= 4 is 22.4 Å². The average molecular weight is 498 g/mol. The average Bonchev–Trinajstić information content (AvgIpc) is 3.17. The topological polar surface area (TPSA) is 63.4 Å². The van der Waals surface area contributed by atoms with Gasteiger partial charge in [0.1, 0.15) is 6.04 Å². The summed E-state index contributed by atoms with van der Waals surface area (Å²) in [5.74, 6) is 0.117. The molecular weight excluding hydrogens is 462 g/mol. The van der Waals surface area contributed by atoms with Crippen molar-refractivity contribution in [3.8, 4) is 5.69 Å². The van der Waals surface area contributed by atoms with E-state index in [0.717, 1.165) is 35.6 Å². The Hall–Kier alpha value is -3.87. The SMILES string of the molecule is CC[C@@H](C(=O)N1CCN(c2cc(C)ccc2C)CC1)n1c(C)c2cnn(-c3ccccc3)c(=O)c2c1C. The predicted molar refractivity (Wildman–Crippen MR) is 149 cm³/mol. The van der Waals surface area contributed by atoms with Gasteiger partial charge in [0.25, 0.3) is 5.56 Å². The number of rotatable bonds is 5. The van der Waals surface area contributed by atoms with Crippen molar-refractivity contribution in [1.29, 1.82) is 0 Å². The van der Waals surface area contributed by atoms with Crippen LogP contribution in [0.15, 0.2) is 59.5 Å². The highest BCUT2D eigenvalue weighted by molar-refractivity contribution is 5.89. The molecule has 0 saturated carbocycles. The Labute approximate surface area is 217 Å². The van der Waals surface area contributed by atoms with Gasteiger partial charge in [-0.1, -0.05) is 37.3 Å². The number of benzene rings is 2. The van der Waals surface area contributed by atoms with Crippen LogP contribution in [0.2, 0.25) is 0 Å². The maximum atomic E-state index is 13.8. The number of carbonyl (C=O) groups excluding carboxylic acids is 1. The molecule has 7 nitrogen and oxygen atoms in total. The van der Waals surface area contributed by atoms with E-state index in [1.807, 2.05) is 56.0 Å². The third-order valence-electron chi connectivity index (χ3n) is 7.73. The van der Waals surface area contributed by atoms with Crippen molar-refractivity contribution < 1.29 is 4.79 Å². The van der Waals surface area contributed by atoms with Crippen molar-refractivity contribution in [1.82, 2.24) is 19.2 Å². The molecule has 0 aliphatic carbocycles. The molecule has 0 unspecified atom stereocenters. The van der Waals surface area contributed by atoms with Crippen LogP contribution in [0.25, 0.3) is 16.5 Å². The Balaban J connectivity index is 1.43. The van der Waals surface area contributed by atoms with Gasteiger partial charge in [0.05, 0.1) is 17.3 Å². The van der Waals surface area contributed by atoms with Crippen LogP contribution in [0.4, 0.5) is 5.69 Å². The summed E-state index contributed by atoms with van der Waals surface area (Å²) >= 11 is 0. The Bertz CT molecular complexity index is 1510. The van der Waals surface area contributed by atoms with Gasteiger partial charge < -0.3 is 14.4 Å². The van der Waals surface area contributed by atoms with Crippen LogP contribution in [0.3, 0.4) is 0 Å². The molecule has 3 heterocycles. The zero-order chi connectivity index (χ0) is 26.3. The monoisotopic (exact) mass is 497 g/mol. The van der Waals surface area contributed by atoms with Crippen molar-refractivity contribution in [2.24, 2.45) is 0 Å². The summed E-state index contributed by atoms with van der Waals surface area (Å²) < 4.78 is 3.50. The summed E-state index contributed by atoms with van der Waals surface area (Å²) in [6.07, 6.45) is 2.40. The summed E-state index contributed by atoms with van der Waals surface area (Å²) in [5, 5.41) is 5.89. The minimum absolute atomic E-state index is 0.117. The number of aromatic nitrogens is 3. The van der Waals surface area contributed by atoms with Crippen LogP contribution in [0.5, 0.6) is 0 Å². The van der Waals surface area contributed by atoms with Gasteiger partial charge in [-0.15, -0.1) is 0 Å². The fraction of sp³-hybridized carbons (Fsp3) is 0.367. The molecule has 0 spiro atoms. The molecular formula is C30H35N5O2. The molecule has 0 bridgehead atoms. The van der Waals surface area contributed by atoms with Gasteiger partial charge >= 0.3 is 0 Å². The molecule has 0 radical (unpaired) electrons. The molecule has 37 heavy (non-hydrogen) atoms. The fourth-order valence-electron chi connectivity index (χ4n) is 5.71. The third kappa shape index (κ3) is 4.32. The molecule has 2 aromatic heterocycles. The van der Waals surface area contributed by atoms with Gasteiger partial charge in [-0.05, 0) is 63.4 Å². The Morgan fingerprint density at radius 1 is 0.946 bits per heavy atom. The van der Waals surface area contributed by atoms with E-state index < -0.39 is 0 Å². The van der Waals surface area contributed by atoms with Crippen LogP contribution in [-0.4, -0.2) is 51.3 Å². The van der Waals surface area contributed by atoms with E-state index >= 15 is 0 Å². The lowest BCUT2D eigenvalue weighted by molar-refractivity contribution is -0.135. The number of fused-ring (bicyclic) bond motifs is 1. The number of aryl methyl sites for hydroxylation is 4. The number of carbonyl (C=O) groups is 1. The zero-order valence-electron chi connectivity index (χ0n) is 22.4. The molecule has 1 fully saturated rings. The second-order valence-corrected chi connectivity index (χ2v) is 10.1. The van der Waals surface area contributed by atoms with Gasteiger partial charge in [0.2, 0.25) is 5.91 Å². The van der Waals surface area contributed by atoms with E-state index in [-0.39, 0.29) is 17.5 Å². The fourth-order valence-corrected chi connectivity index (χ4v) is 5.71. The quantitative estimate of drug-likeness (QED) is 0.400. The maximum Gasteiger partial charge on any atom is 0.281 e. The number of nitrogens with zero attached hydrogens (tertiary/aromatic N) is 5. The summed E-state index contributed by atoms with van der Waals surface area (Å²) in [7, 11) is 0. The molecule has 192 valence electrons. The lowest BCUT2D eigenvalue weighted by atomic mass is 10.1. The minimum Gasteiger partial charge on any atom is -0.368 e. The van der Waals surface area contributed by atoms with Crippen LogP contribution in [0, 0.1) is 27.7 Å². The zero-order valence-corrected chi connectivity index (χ0v) is 22.4. The van der Waals surface area contributed by atoms with Crippen molar-refractivity contribution in [3.63, 3.8) is 0 Å². The van der Waals surface area contributed by atoms with Crippen LogP contribution in [-0.2, 0) is 4.79 Å². The molecule has 1 saturated heterocycles. The summed E-state index contributed by atoms with van der Waals surface area (Å²) in [5.41, 5.74) is 6.06. The maximum absolute atomic E-state index is 13.8. The van der Waals surface area contributed by atoms with Crippen molar-refractivity contribution in [2.75, 3.05) is 31.1 Å². The van der Waals surface area contributed by atoms with E-state index in [2.05, 4.69) is 46.6 Å². The number of hydrogen-bond donors (Lipinski definition) is 0. The summed E-state index contributed by atoms with van der Waals surface area (Å²) in [6.45, 7) is 13.2. The lowest BCUT2D eigenvalue weighted by Crippen LogP contribution is -2.51. The number of piperazine rings is 1. The van der Waals surface area contributed by atoms with E-state index in [4.69, 9.17) is 0 Å². The molecule has 1 atom stereocenters. The first-order valence-corrected chi connectivity index (χ1v) is 13.1. The van der Waals surface area contributed by atoms with Gasteiger partial charge in [0.15, 0.2) is 0 Å². The molecule has 1 aliphatic heterocycles. The molecule has 7 heteroatoms. The minimum atomic E-state index is -0.357. The van der Waals surface area contributed by atoms with E-state index in [1.54, 1.807) is 6.20 Å². The predicted octanol–water partition coefficient (Wildman–Crippen LogP) is 4.72. The van der Waals surface area contributed by atoms with E-state index in [0.29, 0.717) is 24.9 Å². The standard InChI is InChI=1S/C30H35N5O2/c1-6-26(29(36)33-16-14-32(15-17-33)27-18-20(2)12-13-21(27)3)34-22(4)25-19-31-35(24-10-8-7-9-11-24)30(37)28(25)23(34)5/h7-13,18-19,26H,6,14-17H2,1-5H3/t26-/m0/s1. The van der Waals surface area contributed by atoms with Crippen molar-refractivity contribution in [3.05, 3.63) is 87.6 Å². The normalized spacial score (nSPS) is 14.8. The second kappa shape index (κ2) is 9.88. The number of amides is 1. The van der Waals surface area contributed by atoms with Crippen LogP contribution in [0.1, 0.15) is 41.9 Å². The van der Waals surface area contributed by atoms with Gasteiger partial charge in [-0.25, -0.2) is 0 Å².